The molecule has 0 atom stereocenters. The maximum absolute atomic E-state index is 6.13. The second kappa shape index (κ2) is 27.9. The molecule has 0 aliphatic carbocycles. The molecular weight excluding hydrogens is 745 g/mol. The second-order valence-corrected chi connectivity index (χ2v) is 16.4. The molecule has 60 heavy (non-hydrogen) atoms. The van der Waals surface area contributed by atoms with Crippen molar-refractivity contribution < 1.29 is 18.3 Å². The maximum Gasteiger partial charge on any atom is 0.248 e. The molecular formula is C52H72N4O4. The average molecular weight is 817 g/mol. The van der Waals surface area contributed by atoms with E-state index in [2.05, 4.69) is 40.8 Å². The predicted octanol–water partition coefficient (Wildman–Crippen LogP) is 15.9. The fourth-order valence-corrected chi connectivity index (χ4v) is 7.62. The second-order valence-electron chi connectivity index (χ2n) is 16.4. The Morgan fingerprint density at radius 3 is 1.15 bits per heavy atom. The number of hydrogen-bond donors (Lipinski definition) is 0. The van der Waals surface area contributed by atoms with Crippen LogP contribution >= 0.6 is 0 Å². The van der Waals surface area contributed by atoms with Crippen LogP contribution in [0.2, 0.25) is 0 Å². The van der Waals surface area contributed by atoms with Crippen LogP contribution in [0.1, 0.15) is 174 Å². The first-order valence-corrected chi connectivity index (χ1v) is 23.6. The lowest BCUT2D eigenvalue weighted by Gasteiger charge is -2.07. The molecule has 0 aliphatic rings. The van der Waals surface area contributed by atoms with Gasteiger partial charge in [-0.2, -0.15) is 0 Å². The van der Waals surface area contributed by atoms with Gasteiger partial charge in [0.25, 0.3) is 0 Å². The number of hydrogen-bond acceptors (Lipinski definition) is 8. The Morgan fingerprint density at radius 2 is 0.750 bits per heavy atom. The van der Waals surface area contributed by atoms with E-state index in [0.717, 1.165) is 65.4 Å². The third-order valence-corrected chi connectivity index (χ3v) is 11.3. The lowest BCUT2D eigenvalue weighted by atomic mass is 10.0. The summed E-state index contributed by atoms with van der Waals surface area (Å²) in [5.41, 5.74) is 4.03. The van der Waals surface area contributed by atoms with Gasteiger partial charge in [-0.3, -0.25) is 0 Å². The molecule has 0 spiro atoms. The van der Waals surface area contributed by atoms with Crippen LogP contribution in [-0.4, -0.2) is 33.6 Å². The van der Waals surface area contributed by atoms with E-state index in [0.29, 0.717) is 23.6 Å². The summed E-state index contributed by atoms with van der Waals surface area (Å²) in [4.78, 5) is 0. The van der Waals surface area contributed by atoms with E-state index >= 15 is 0 Å². The van der Waals surface area contributed by atoms with Gasteiger partial charge in [0.15, 0.2) is 0 Å². The summed E-state index contributed by atoms with van der Waals surface area (Å²) in [7, 11) is 0. The summed E-state index contributed by atoms with van der Waals surface area (Å²) in [5, 5.41) is 17.4. The molecule has 3 aromatic carbocycles. The highest BCUT2D eigenvalue weighted by Crippen LogP contribution is 2.32. The summed E-state index contributed by atoms with van der Waals surface area (Å²) in [6.07, 6.45) is 33.7. The van der Waals surface area contributed by atoms with Gasteiger partial charge in [0.05, 0.1) is 13.2 Å². The molecule has 0 unspecified atom stereocenters. The van der Waals surface area contributed by atoms with Crippen molar-refractivity contribution in [1.29, 1.82) is 0 Å². The topological polar surface area (TPSA) is 96.3 Å². The minimum Gasteiger partial charge on any atom is -0.494 e. The zero-order chi connectivity index (χ0) is 41.9. The summed E-state index contributed by atoms with van der Waals surface area (Å²) in [6.45, 7) is 10.0. The van der Waals surface area contributed by atoms with E-state index < -0.39 is 0 Å². The SMILES string of the molecule is C=Cc1cc(-c2nnc(-c3ccc(OCCCCCCCCCCCCCC)cc3)o2)ccc1-c1nnc(-c2ccc(OCCCCCCCCCCCCCC)cc2)o1. The van der Waals surface area contributed by atoms with E-state index in [-0.39, 0.29) is 0 Å². The minimum atomic E-state index is 0.408. The van der Waals surface area contributed by atoms with Crippen molar-refractivity contribution in [2.24, 2.45) is 0 Å². The van der Waals surface area contributed by atoms with Gasteiger partial charge in [-0.15, -0.1) is 20.4 Å². The van der Waals surface area contributed by atoms with Crippen LogP contribution in [-0.2, 0) is 0 Å². The summed E-state index contributed by atoms with van der Waals surface area (Å²) in [6, 6.07) is 21.5. The van der Waals surface area contributed by atoms with Crippen LogP contribution < -0.4 is 9.47 Å². The van der Waals surface area contributed by atoms with Gasteiger partial charge in [-0.25, -0.2) is 0 Å². The molecule has 5 rings (SSSR count). The van der Waals surface area contributed by atoms with Crippen molar-refractivity contribution in [3.8, 4) is 57.3 Å². The number of aromatic nitrogens is 4. The Kier molecular flexibility index (Phi) is 21.6. The van der Waals surface area contributed by atoms with Crippen molar-refractivity contribution in [2.75, 3.05) is 13.2 Å². The molecule has 0 amide bonds. The number of benzene rings is 3. The average Bonchev–Trinajstić information content (AvgIpc) is 3.99. The standard InChI is InChI=1S/C52H72N4O4/c1-4-7-9-11-13-15-17-19-21-23-25-27-39-57-46-34-29-43(30-35-46)49-53-55-51(59-49)45-33-38-48(42(6-3)41-45)52-56-54-50(60-52)44-31-36-47(37-32-44)58-40-28-26-24-22-20-18-16-14-12-10-8-5-2/h6,29-38,41H,3-5,7-28,39-40H2,1-2H3. The van der Waals surface area contributed by atoms with E-state index in [1.807, 2.05) is 66.7 Å². The quantitative estimate of drug-likeness (QED) is 0.0386. The minimum absolute atomic E-state index is 0.408. The van der Waals surface area contributed by atoms with Gasteiger partial charge in [-0.05, 0) is 85.1 Å². The summed E-state index contributed by atoms with van der Waals surface area (Å²) in [5.74, 6) is 3.41. The first-order valence-electron chi connectivity index (χ1n) is 23.6. The molecule has 0 saturated heterocycles. The van der Waals surface area contributed by atoms with Gasteiger partial charge in [-0.1, -0.05) is 168 Å². The Hall–Kier alpha value is -4.72. The zero-order valence-electron chi connectivity index (χ0n) is 36.9. The molecule has 0 N–H and O–H groups in total. The van der Waals surface area contributed by atoms with Crippen LogP contribution in [0.3, 0.4) is 0 Å². The third kappa shape index (κ3) is 16.4. The largest absolute Gasteiger partial charge is 0.494 e. The van der Waals surface area contributed by atoms with Crippen LogP contribution in [0.15, 0.2) is 82.1 Å². The van der Waals surface area contributed by atoms with Crippen LogP contribution in [0, 0.1) is 0 Å². The smallest absolute Gasteiger partial charge is 0.248 e. The fraction of sp³-hybridized carbons (Fsp3) is 0.538. The Bertz CT molecular complexity index is 1880. The molecule has 5 aromatic rings. The van der Waals surface area contributed by atoms with E-state index in [9.17, 15) is 0 Å². The van der Waals surface area contributed by atoms with Gasteiger partial charge < -0.3 is 18.3 Å². The molecule has 0 bridgehead atoms. The highest BCUT2D eigenvalue weighted by Gasteiger charge is 2.17. The predicted molar refractivity (Wildman–Crippen MR) is 247 cm³/mol. The highest BCUT2D eigenvalue weighted by atomic mass is 16.5. The molecule has 8 heteroatoms. The van der Waals surface area contributed by atoms with Crippen LogP contribution in [0.25, 0.3) is 51.9 Å². The van der Waals surface area contributed by atoms with Crippen LogP contribution in [0.4, 0.5) is 0 Å². The van der Waals surface area contributed by atoms with Gasteiger partial charge >= 0.3 is 0 Å². The van der Waals surface area contributed by atoms with Crippen molar-refractivity contribution in [3.05, 3.63) is 78.9 Å². The van der Waals surface area contributed by atoms with Crippen LogP contribution in [0.5, 0.6) is 11.5 Å². The first-order chi connectivity index (χ1) is 29.7. The molecule has 8 nitrogen and oxygen atoms in total. The molecule has 2 heterocycles. The number of unbranched alkanes of at least 4 members (excludes halogenated alkanes) is 22. The zero-order valence-corrected chi connectivity index (χ0v) is 36.9. The normalized spacial score (nSPS) is 11.3. The molecule has 0 fully saturated rings. The Labute approximate surface area is 361 Å². The molecule has 324 valence electrons. The van der Waals surface area contributed by atoms with Gasteiger partial charge in [0.2, 0.25) is 23.6 Å². The van der Waals surface area contributed by atoms with Gasteiger partial charge in [0, 0.05) is 22.3 Å². The number of ether oxygens (including phenoxy) is 2. The van der Waals surface area contributed by atoms with Gasteiger partial charge in [0.1, 0.15) is 11.5 Å². The number of rotatable bonds is 33. The monoisotopic (exact) mass is 817 g/mol. The summed E-state index contributed by atoms with van der Waals surface area (Å²) < 4.78 is 24.3. The maximum atomic E-state index is 6.13. The molecule has 0 radical (unpaired) electrons. The van der Waals surface area contributed by atoms with E-state index in [4.69, 9.17) is 18.3 Å². The Balaban J connectivity index is 1.00. The Morgan fingerprint density at radius 1 is 0.417 bits per heavy atom. The lowest BCUT2D eigenvalue weighted by Crippen LogP contribution is -1.97. The fourth-order valence-electron chi connectivity index (χ4n) is 7.62. The van der Waals surface area contributed by atoms with Crippen molar-refractivity contribution in [1.82, 2.24) is 20.4 Å². The first kappa shape index (κ1) is 46.3. The third-order valence-electron chi connectivity index (χ3n) is 11.3. The highest BCUT2D eigenvalue weighted by molar-refractivity contribution is 5.75. The van der Waals surface area contributed by atoms with Crippen molar-refractivity contribution in [2.45, 2.75) is 168 Å². The number of nitrogens with zero attached hydrogens (tertiary/aromatic N) is 4. The van der Waals surface area contributed by atoms with Crippen molar-refractivity contribution in [3.63, 3.8) is 0 Å². The molecule has 2 aromatic heterocycles. The lowest BCUT2D eigenvalue weighted by molar-refractivity contribution is 0.304. The molecule has 0 saturated carbocycles. The van der Waals surface area contributed by atoms with Crippen molar-refractivity contribution >= 4 is 6.08 Å². The van der Waals surface area contributed by atoms with E-state index in [1.165, 1.54) is 141 Å². The molecule has 0 aliphatic heterocycles. The summed E-state index contributed by atoms with van der Waals surface area (Å²) >= 11 is 0. The van der Waals surface area contributed by atoms with E-state index in [1.54, 1.807) is 6.08 Å².